The van der Waals surface area contributed by atoms with E-state index in [0.29, 0.717) is 13.2 Å². The number of hydrogen-bond acceptors (Lipinski definition) is 6. The van der Waals surface area contributed by atoms with E-state index in [1.165, 1.54) is 103 Å². The van der Waals surface area contributed by atoms with Crippen molar-refractivity contribution >= 4 is 12.2 Å². The molecular weight excluding hydrogens is 675 g/mol. The van der Waals surface area contributed by atoms with E-state index in [4.69, 9.17) is 9.47 Å². The van der Waals surface area contributed by atoms with Crippen LogP contribution in [0, 0.1) is 0 Å². The van der Waals surface area contributed by atoms with Gasteiger partial charge in [0.15, 0.2) is 0 Å². The molecule has 0 aliphatic heterocycles. The molecule has 0 atom stereocenters. The van der Waals surface area contributed by atoms with Crippen molar-refractivity contribution in [1.82, 2.24) is 14.7 Å². The van der Waals surface area contributed by atoms with Crippen molar-refractivity contribution in [3.05, 3.63) is 0 Å². The molecular formula is C46H93N3O5. The molecule has 0 aromatic heterocycles. The lowest BCUT2D eigenvalue weighted by molar-refractivity contribution is 0.0983. The summed E-state index contributed by atoms with van der Waals surface area (Å²) in [6, 6.07) is 0. The second kappa shape index (κ2) is 42.6. The lowest BCUT2D eigenvalue weighted by Crippen LogP contribution is -2.33. The van der Waals surface area contributed by atoms with Gasteiger partial charge >= 0.3 is 12.2 Å². The number of rotatable bonds is 42. The van der Waals surface area contributed by atoms with Crippen molar-refractivity contribution in [2.24, 2.45) is 0 Å². The Bertz CT molecular complexity index is 727. The van der Waals surface area contributed by atoms with Gasteiger partial charge in [-0.1, -0.05) is 156 Å². The van der Waals surface area contributed by atoms with Crippen LogP contribution in [-0.2, 0) is 9.47 Å². The van der Waals surface area contributed by atoms with Crippen LogP contribution in [0.1, 0.15) is 220 Å². The van der Waals surface area contributed by atoms with E-state index in [2.05, 4.69) is 32.6 Å². The molecule has 0 saturated heterocycles. The van der Waals surface area contributed by atoms with E-state index in [9.17, 15) is 14.7 Å². The highest BCUT2D eigenvalue weighted by Gasteiger charge is 2.16. The van der Waals surface area contributed by atoms with Gasteiger partial charge in [-0.2, -0.15) is 0 Å². The smallest absolute Gasteiger partial charge is 0.409 e. The van der Waals surface area contributed by atoms with Crippen molar-refractivity contribution in [2.75, 3.05) is 65.6 Å². The predicted molar refractivity (Wildman–Crippen MR) is 231 cm³/mol. The third-order valence-corrected chi connectivity index (χ3v) is 10.7. The summed E-state index contributed by atoms with van der Waals surface area (Å²) in [4.78, 5) is 32.3. The van der Waals surface area contributed by atoms with E-state index in [1.54, 1.807) is 0 Å². The number of unbranched alkanes of at least 4 members (excludes halogenated alkanes) is 23. The van der Waals surface area contributed by atoms with E-state index in [-0.39, 0.29) is 18.8 Å². The fourth-order valence-electron chi connectivity index (χ4n) is 7.08. The quantitative estimate of drug-likeness (QED) is 0.0623. The van der Waals surface area contributed by atoms with Crippen molar-refractivity contribution in [3.63, 3.8) is 0 Å². The van der Waals surface area contributed by atoms with Crippen LogP contribution < -0.4 is 0 Å². The highest BCUT2D eigenvalue weighted by molar-refractivity contribution is 5.67. The van der Waals surface area contributed by atoms with Crippen molar-refractivity contribution in [3.8, 4) is 0 Å². The van der Waals surface area contributed by atoms with Crippen LogP contribution in [-0.4, -0.2) is 97.6 Å². The standard InChI is InChI=1S/C46H93N3O5/c1-5-9-13-17-19-29-40-48(38-27-15-11-7-3)45(51)53-43-33-23-21-25-35-47(37-31-32-42-50)36-26-22-24-34-44-54-46(52)49(39-28-16-12-8-4)41-30-20-18-14-10-6-2/h50H,5-44H2,1-4H3. The number of aliphatic hydroxyl groups is 1. The van der Waals surface area contributed by atoms with Crippen LogP contribution in [0.2, 0.25) is 0 Å². The normalized spacial score (nSPS) is 11.4. The van der Waals surface area contributed by atoms with Gasteiger partial charge in [0.25, 0.3) is 0 Å². The van der Waals surface area contributed by atoms with Crippen LogP contribution in [0.4, 0.5) is 9.59 Å². The fourth-order valence-corrected chi connectivity index (χ4v) is 7.08. The molecule has 1 N–H and O–H groups in total. The Hall–Kier alpha value is -1.54. The molecule has 0 aliphatic carbocycles. The Morgan fingerprint density at radius 2 is 0.611 bits per heavy atom. The zero-order chi connectivity index (χ0) is 39.6. The third kappa shape index (κ3) is 34.9. The van der Waals surface area contributed by atoms with Gasteiger partial charge in [0.1, 0.15) is 0 Å². The average Bonchev–Trinajstić information content (AvgIpc) is 3.17. The van der Waals surface area contributed by atoms with Gasteiger partial charge in [0.05, 0.1) is 13.2 Å². The van der Waals surface area contributed by atoms with Gasteiger partial charge in [-0.15, -0.1) is 0 Å². The molecule has 0 unspecified atom stereocenters. The van der Waals surface area contributed by atoms with Crippen molar-refractivity contribution in [2.45, 2.75) is 220 Å². The Morgan fingerprint density at radius 1 is 0.352 bits per heavy atom. The number of carbonyl (C=O) groups excluding carboxylic acids is 2. The number of amides is 2. The van der Waals surface area contributed by atoms with Crippen LogP contribution in [0.15, 0.2) is 0 Å². The zero-order valence-electron chi connectivity index (χ0n) is 36.7. The van der Waals surface area contributed by atoms with E-state index >= 15 is 0 Å². The van der Waals surface area contributed by atoms with Crippen LogP contribution in [0.5, 0.6) is 0 Å². The summed E-state index contributed by atoms with van der Waals surface area (Å²) in [5.74, 6) is 0. The Morgan fingerprint density at radius 3 is 0.944 bits per heavy atom. The largest absolute Gasteiger partial charge is 0.449 e. The molecule has 0 aromatic carbocycles. The Balaban J connectivity index is 4.36. The number of carbonyl (C=O) groups is 2. The third-order valence-electron chi connectivity index (χ3n) is 10.7. The van der Waals surface area contributed by atoms with Gasteiger partial charge in [-0.3, -0.25) is 0 Å². The maximum atomic E-state index is 12.9. The average molecular weight is 768 g/mol. The Labute approximate surface area is 336 Å². The molecule has 54 heavy (non-hydrogen) atoms. The first-order valence-electron chi connectivity index (χ1n) is 23.7. The first-order chi connectivity index (χ1) is 26.5. The minimum Gasteiger partial charge on any atom is -0.449 e. The summed E-state index contributed by atoms with van der Waals surface area (Å²) < 4.78 is 11.5. The lowest BCUT2D eigenvalue weighted by atomic mass is 10.1. The molecule has 0 spiro atoms. The van der Waals surface area contributed by atoms with Crippen molar-refractivity contribution in [1.29, 1.82) is 0 Å². The predicted octanol–water partition coefficient (Wildman–Crippen LogP) is 12.9. The highest BCUT2D eigenvalue weighted by atomic mass is 16.6. The van der Waals surface area contributed by atoms with Gasteiger partial charge in [0.2, 0.25) is 0 Å². The summed E-state index contributed by atoms with van der Waals surface area (Å²) >= 11 is 0. The van der Waals surface area contributed by atoms with Crippen molar-refractivity contribution < 1.29 is 24.2 Å². The van der Waals surface area contributed by atoms with Gasteiger partial charge in [0, 0.05) is 32.8 Å². The molecule has 8 nitrogen and oxygen atoms in total. The van der Waals surface area contributed by atoms with E-state index in [1.807, 2.05) is 9.80 Å². The molecule has 0 heterocycles. The van der Waals surface area contributed by atoms with Gasteiger partial charge in [-0.05, 0) is 83.8 Å². The molecule has 322 valence electrons. The van der Waals surface area contributed by atoms with Gasteiger partial charge < -0.3 is 29.3 Å². The lowest BCUT2D eigenvalue weighted by Gasteiger charge is -2.23. The molecule has 0 rings (SSSR count). The minimum atomic E-state index is -0.114. The zero-order valence-corrected chi connectivity index (χ0v) is 36.7. The van der Waals surface area contributed by atoms with Gasteiger partial charge in [-0.25, -0.2) is 9.59 Å². The summed E-state index contributed by atoms with van der Waals surface area (Å²) in [6.07, 6.45) is 34.5. The molecule has 0 aliphatic rings. The summed E-state index contributed by atoms with van der Waals surface area (Å²) in [6.45, 7) is 16.8. The van der Waals surface area contributed by atoms with E-state index < -0.39 is 0 Å². The highest BCUT2D eigenvalue weighted by Crippen LogP contribution is 2.13. The summed E-state index contributed by atoms with van der Waals surface area (Å²) in [7, 11) is 0. The molecule has 8 heteroatoms. The molecule has 0 fully saturated rings. The first kappa shape index (κ1) is 52.5. The molecule has 0 aromatic rings. The SMILES string of the molecule is CCCCCCCCN(CCCCCC)C(=O)OCCCCCCN(CCCCO)CCCCCCOC(=O)N(CCCCCC)CCCCCCCC. The number of nitrogens with zero attached hydrogens (tertiary/aromatic N) is 3. The topological polar surface area (TPSA) is 82.5 Å². The van der Waals surface area contributed by atoms with Crippen LogP contribution >= 0.6 is 0 Å². The maximum Gasteiger partial charge on any atom is 0.409 e. The summed E-state index contributed by atoms with van der Waals surface area (Å²) in [5.41, 5.74) is 0. The number of hydrogen-bond donors (Lipinski definition) is 1. The molecule has 0 bridgehead atoms. The van der Waals surface area contributed by atoms with Crippen LogP contribution in [0.25, 0.3) is 0 Å². The molecule has 0 saturated carbocycles. The van der Waals surface area contributed by atoms with E-state index in [0.717, 1.165) is 136 Å². The second-order valence-electron chi connectivity index (χ2n) is 16.0. The minimum absolute atomic E-state index is 0.114. The monoisotopic (exact) mass is 768 g/mol. The Kier molecular flexibility index (Phi) is 41.4. The number of aliphatic hydroxyl groups excluding tert-OH is 1. The number of ether oxygens (including phenoxy) is 2. The molecule has 2 amide bonds. The summed E-state index contributed by atoms with van der Waals surface area (Å²) in [5, 5.41) is 9.32. The maximum absolute atomic E-state index is 12.9. The molecule has 0 radical (unpaired) electrons. The second-order valence-corrected chi connectivity index (χ2v) is 16.0. The van der Waals surface area contributed by atoms with Crippen LogP contribution in [0.3, 0.4) is 0 Å². The fraction of sp³-hybridized carbons (Fsp3) is 0.957. The first-order valence-corrected chi connectivity index (χ1v) is 23.7.